The van der Waals surface area contributed by atoms with E-state index in [4.69, 9.17) is 4.42 Å². The van der Waals surface area contributed by atoms with Gasteiger partial charge in [0.1, 0.15) is 5.58 Å². The highest BCUT2D eigenvalue weighted by molar-refractivity contribution is 6.21. The number of fused-ring (bicyclic) bond motifs is 15. The molecule has 2 heteroatoms. The lowest BCUT2D eigenvalue weighted by Crippen LogP contribution is -2.26. The van der Waals surface area contributed by atoms with Gasteiger partial charge in [-0.05, 0) is 120 Å². The molecule has 61 heavy (non-hydrogen) atoms. The molecule has 0 atom stereocenters. The molecule has 0 N–H and O–H groups in total. The quantitative estimate of drug-likeness (QED) is 0.173. The van der Waals surface area contributed by atoms with Gasteiger partial charge < -0.3 is 9.32 Å². The maximum Gasteiger partial charge on any atom is 0.159 e. The van der Waals surface area contributed by atoms with Gasteiger partial charge in [0.15, 0.2) is 5.58 Å². The molecule has 0 fully saturated rings. The zero-order valence-corrected chi connectivity index (χ0v) is 33.2. The Hall–Kier alpha value is -7.94. The first kappa shape index (κ1) is 34.0. The molecule has 284 valence electrons. The number of rotatable bonds is 5. The molecular formula is C59H37NO. The predicted molar refractivity (Wildman–Crippen MR) is 253 cm³/mol. The molecule has 0 bridgehead atoms. The van der Waals surface area contributed by atoms with E-state index in [1.54, 1.807) is 0 Å². The summed E-state index contributed by atoms with van der Waals surface area (Å²) < 4.78 is 6.98. The molecule has 0 saturated carbocycles. The number of para-hydroxylation sites is 1. The zero-order valence-electron chi connectivity index (χ0n) is 33.2. The molecule has 2 aliphatic carbocycles. The molecule has 2 nitrogen and oxygen atoms in total. The SMILES string of the molecule is c1ccc(-c2cccc(-c3cccc(N(c4ccc5c(c4)C4(c6ccccc6-c6ccccc64)c4ccccc4-5)c4cccc5c4oc4ccc6ccccc6c45)c3)c2)cc1. The van der Waals surface area contributed by atoms with Gasteiger partial charge in [-0.15, -0.1) is 0 Å². The van der Waals surface area contributed by atoms with Crippen molar-refractivity contribution in [1.29, 1.82) is 0 Å². The smallest absolute Gasteiger partial charge is 0.159 e. The summed E-state index contributed by atoms with van der Waals surface area (Å²) in [5, 5.41) is 4.64. The molecule has 11 aromatic rings. The van der Waals surface area contributed by atoms with Crippen LogP contribution in [0, 0.1) is 0 Å². The Morgan fingerprint density at radius 1 is 0.344 bits per heavy atom. The van der Waals surface area contributed by atoms with Crippen LogP contribution in [0.4, 0.5) is 17.1 Å². The van der Waals surface area contributed by atoms with Crippen LogP contribution in [0.3, 0.4) is 0 Å². The summed E-state index contributed by atoms with van der Waals surface area (Å²) in [6.07, 6.45) is 0. The summed E-state index contributed by atoms with van der Waals surface area (Å²) >= 11 is 0. The van der Waals surface area contributed by atoms with E-state index in [0.717, 1.165) is 44.6 Å². The van der Waals surface area contributed by atoms with Crippen LogP contribution in [0.5, 0.6) is 0 Å². The van der Waals surface area contributed by atoms with Crippen LogP contribution < -0.4 is 4.90 Å². The van der Waals surface area contributed by atoms with Crippen molar-refractivity contribution in [1.82, 2.24) is 0 Å². The normalized spacial score (nSPS) is 13.0. The average molecular weight is 776 g/mol. The molecule has 1 spiro atoms. The van der Waals surface area contributed by atoms with Crippen LogP contribution in [0.15, 0.2) is 229 Å². The lowest BCUT2D eigenvalue weighted by Gasteiger charge is -2.32. The highest BCUT2D eigenvalue weighted by Gasteiger charge is 2.51. The fraction of sp³-hybridized carbons (Fsp3) is 0.0169. The number of nitrogens with zero attached hydrogens (tertiary/aromatic N) is 1. The maximum absolute atomic E-state index is 6.98. The molecule has 10 aromatic carbocycles. The van der Waals surface area contributed by atoms with Crippen LogP contribution in [0.2, 0.25) is 0 Å². The minimum atomic E-state index is -0.467. The predicted octanol–water partition coefficient (Wildman–Crippen LogP) is 15.9. The van der Waals surface area contributed by atoms with E-state index in [0.29, 0.717) is 0 Å². The monoisotopic (exact) mass is 775 g/mol. The summed E-state index contributed by atoms with van der Waals surface area (Å²) in [4.78, 5) is 2.42. The highest BCUT2D eigenvalue weighted by atomic mass is 16.3. The van der Waals surface area contributed by atoms with Crippen molar-refractivity contribution in [2.24, 2.45) is 0 Å². The first-order chi connectivity index (χ1) is 30.3. The van der Waals surface area contributed by atoms with E-state index in [2.05, 4.69) is 229 Å². The highest BCUT2D eigenvalue weighted by Crippen LogP contribution is 2.63. The minimum Gasteiger partial charge on any atom is -0.454 e. The van der Waals surface area contributed by atoms with E-state index in [1.165, 1.54) is 72.0 Å². The molecule has 0 radical (unpaired) electrons. The Bertz CT molecular complexity index is 3490. The Kier molecular flexibility index (Phi) is 7.26. The molecule has 13 rings (SSSR count). The third-order valence-corrected chi connectivity index (χ3v) is 13.3. The van der Waals surface area contributed by atoms with Crippen molar-refractivity contribution in [3.63, 3.8) is 0 Å². The molecule has 0 amide bonds. The van der Waals surface area contributed by atoms with Gasteiger partial charge in [-0.3, -0.25) is 0 Å². The maximum atomic E-state index is 6.98. The Labute approximate surface area is 354 Å². The molecule has 0 saturated heterocycles. The summed E-state index contributed by atoms with van der Waals surface area (Å²) in [5.74, 6) is 0. The molecular weight excluding hydrogens is 739 g/mol. The number of furan rings is 1. The van der Waals surface area contributed by atoms with E-state index >= 15 is 0 Å². The van der Waals surface area contributed by atoms with Crippen molar-refractivity contribution in [3.8, 4) is 44.5 Å². The summed E-state index contributed by atoms with van der Waals surface area (Å²) in [6, 6.07) is 82.2. The van der Waals surface area contributed by atoms with Crippen molar-refractivity contribution in [3.05, 3.63) is 247 Å². The van der Waals surface area contributed by atoms with Crippen LogP contribution in [0.1, 0.15) is 22.3 Å². The Morgan fingerprint density at radius 3 is 1.62 bits per heavy atom. The zero-order chi connectivity index (χ0) is 40.1. The van der Waals surface area contributed by atoms with Crippen LogP contribution in [-0.2, 0) is 5.41 Å². The van der Waals surface area contributed by atoms with Gasteiger partial charge in [-0.25, -0.2) is 0 Å². The summed E-state index contributed by atoms with van der Waals surface area (Å²) in [6.45, 7) is 0. The van der Waals surface area contributed by atoms with Crippen LogP contribution in [-0.4, -0.2) is 0 Å². The van der Waals surface area contributed by atoms with E-state index in [9.17, 15) is 0 Å². The third kappa shape index (κ3) is 4.85. The second-order valence-corrected chi connectivity index (χ2v) is 16.4. The lowest BCUT2D eigenvalue weighted by atomic mass is 9.70. The van der Waals surface area contributed by atoms with E-state index < -0.39 is 5.41 Å². The van der Waals surface area contributed by atoms with Crippen LogP contribution >= 0.6 is 0 Å². The number of anilines is 3. The van der Waals surface area contributed by atoms with Gasteiger partial charge in [0.2, 0.25) is 0 Å². The van der Waals surface area contributed by atoms with Crippen molar-refractivity contribution in [2.75, 3.05) is 4.90 Å². The second-order valence-electron chi connectivity index (χ2n) is 16.4. The fourth-order valence-corrected chi connectivity index (χ4v) is 10.7. The summed E-state index contributed by atoms with van der Waals surface area (Å²) in [7, 11) is 0. The number of benzene rings is 10. The van der Waals surface area contributed by atoms with E-state index in [1.807, 2.05) is 0 Å². The summed E-state index contributed by atoms with van der Waals surface area (Å²) in [5.41, 5.74) is 19.5. The minimum absolute atomic E-state index is 0.467. The van der Waals surface area contributed by atoms with E-state index in [-0.39, 0.29) is 0 Å². The van der Waals surface area contributed by atoms with Gasteiger partial charge in [0, 0.05) is 22.1 Å². The molecule has 0 aliphatic heterocycles. The van der Waals surface area contributed by atoms with Crippen LogP contribution in [0.25, 0.3) is 77.2 Å². The van der Waals surface area contributed by atoms with Crippen molar-refractivity contribution in [2.45, 2.75) is 5.41 Å². The Balaban J connectivity index is 1.08. The van der Waals surface area contributed by atoms with Gasteiger partial charge in [0.05, 0.1) is 11.1 Å². The molecule has 1 aromatic heterocycles. The topological polar surface area (TPSA) is 16.4 Å². The first-order valence-corrected chi connectivity index (χ1v) is 21.1. The fourth-order valence-electron chi connectivity index (χ4n) is 10.7. The van der Waals surface area contributed by atoms with Gasteiger partial charge in [-0.2, -0.15) is 0 Å². The molecule has 2 aliphatic rings. The lowest BCUT2D eigenvalue weighted by molar-refractivity contribution is 0.669. The largest absolute Gasteiger partial charge is 0.454 e. The molecule has 1 heterocycles. The Morgan fingerprint density at radius 2 is 0.885 bits per heavy atom. The van der Waals surface area contributed by atoms with Gasteiger partial charge >= 0.3 is 0 Å². The van der Waals surface area contributed by atoms with Crippen molar-refractivity contribution < 1.29 is 4.42 Å². The van der Waals surface area contributed by atoms with Crippen molar-refractivity contribution >= 4 is 49.8 Å². The van der Waals surface area contributed by atoms with Gasteiger partial charge in [-0.1, -0.05) is 182 Å². The standard InChI is InChI=1S/C59H37NO/c1-2-15-38(16-3-1)40-18-12-19-41(35-40)42-20-13-21-43(36-42)60(55-30-14-26-50-57-45-22-5-4-17-39(45)31-34-56(57)61-58(50)55)44-32-33-49-48-25-8-11-29-53(48)59(54(49)37-44)51-27-9-6-23-46(51)47-24-7-10-28-52(47)59/h1-37H. The third-order valence-electron chi connectivity index (χ3n) is 13.3. The first-order valence-electron chi connectivity index (χ1n) is 21.1. The van der Waals surface area contributed by atoms with Gasteiger partial charge in [0.25, 0.3) is 0 Å². The second kappa shape index (κ2) is 13.0. The average Bonchev–Trinajstić information content (AvgIpc) is 3.97. The number of hydrogen-bond acceptors (Lipinski definition) is 2. The number of hydrogen-bond donors (Lipinski definition) is 0. The molecule has 0 unspecified atom stereocenters.